The van der Waals surface area contributed by atoms with Gasteiger partial charge in [0.1, 0.15) is 0 Å². The molecule has 0 radical (unpaired) electrons. The Morgan fingerprint density at radius 1 is 1.42 bits per heavy atom. The van der Waals surface area contributed by atoms with E-state index in [1.807, 2.05) is 6.92 Å². The minimum atomic E-state index is -0.408. The average molecular weight is 262 g/mol. The zero-order chi connectivity index (χ0) is 13.8. The molecule has 2 N–H and O–H groups in total. The first kappa shape index (κ1) is 13.5. The van der Waals surface area contributed by atoms with E-state index in [1.165, 1.54) is 7.11 Å². The van der Waals surface area contributed by atoms with Gasteiger partial charge in [-0.05, 0) is 44.0 Å². The number of esters is 1. The molecule has 1 heterocycles. The Kier molecular flexibility index (Phi) is 4.16. The fourth-order valence-electron chi connectivity index (χ4n) is 2.13. The number of aryl methyl sites for hydroxylation is 1. The first-order valence-electron chi connectivity index (χ1n) is 6.35. The largest absolute Gasteiger partial charge is 0.465 e. The summed E-state index contributed by atoms with van der Waals surface area (Å²) >= 11 is 0. The van der Waals surface area contributed by atoms with E-state index in [0.717, 1.165) is 24.9 Å². The molecule has 102 valence electrons. The Morgan fingerprint density at radius 2 is 2.21 bits per heavy atom. The van der Waals surface area contributed by atoms with Crippen LogP contribution < -0.4 is 10.6 Å². The van der Waals surface area contributed by atoms with Crippen molar-refractivity contribution < 1.29 is 14.3 Å². The lowest BCUT2D eigenvalue weighted by molar-refractivity contribution is -0.117. The van der Waals surface area contributed by atoms with Crippen molar-refractivity contribution in [3.05, 3.63) is 29.3 Å². The van der Waals surface area contributed by atoms with Gasteiger partial charge < -0.3 is 15.4 Å². The molecule has 1 amide bonds. The molecule has 0 saturated carbocycles. The predicted octanol–water partition coefficient (Wildman–Crippen LogP) is 1.47. The fourth-order valence-corrected chi connectivity index (χ4v) is 2.13. The molecule has 0 spiro atoms. The predicted molar refractivity (Wildman–Crippen MR) is 72.2 cm³/mol. The summed E-state index contributed by atoms with van der Waals surface area (Å²) in [5.74, 6) is -0.461. The van der Waals surface area contributed by atoms with E-state index in [4.69, 9.17) is 0 Å². The van der Waals surface area contributed by atoms with Gasteiger partial charge in [-0.3, -0.25) is 4.79 Å². The molecule has 5 nitrogen and oxygen atoms in total. The van der Waals surface area contributed by atoms with Crippen LogP contribution in [0.25, 0.3) is 0 Å². The molecule has 1 saturated heterocycles. The highest BCUT2D eigenvalue weighted by Crippen LogP contribution is 2.18. The van der Waals surface area contributed by atoms with E-state index in [-0.39, 0.29) is 11.9 Å². The number of nitrogens with one attached hydrogen (secondary N) is 2. The second kappa shape index (κ2) is 5.84. The zero-order valence-electron chi connectivity index (χ0n) is 11.2. The van der Waals surface area contributed by atoms with Crippen molar-refractivity contribution in [1.82, 2.24) is 5.32 Å². The maximum absolute atomic E-state index is 12.0. The number of carbonyl (C=O) groups is 2. The van der Waals surface area contributed by atoms with E-state index in [0.29, 0.717) is 11.3 Å². The fraction of sp³-hybridized carbons (Fsp3) is 0.429. The third kappa shape index (κ3) is 3.12. The van der Waals surface area contributed by atoms with Crippen LogP contribution in [0, 0.1) is 6.92 Å². The third-order valence-electron chi connectivity index (χ3n) is 3.29. The molecule has 0 aliphatic carbocycles. The minimum absolute atomic E-state index is 0.0531. The van der Waals surface area contributed by atoms with Gasteiger partial charge in [-0.1, -0.05) is 6.07 Å². The van der Waals surface area contributed by atoms with Gasteiger partial charge in [-0.25, -0.2) is 4.79 Å². The number of amides is 1. The SMILES string of the molecule is COC(=O)c1ccc(C)c(NC(=O)C2CCCN2)c1. The molecule has 1 aliphatic heterocycles. The Hall–Kier alpha value is -1.88. The number of hydrogen-bond donors (Lipinski definition) is 2. The molecule has 1 unspecified atom stereocenters. The summed E-state index contributed by atoms with van der Waals surface area (Å²) in [5, 5.41) is 6.00. The van der Waals surface area contributed by atoms with Crippen molar-refractivity contribution in [2.75, 3.05) is 19.0 Å². The number of ether oxygens (including phenoxy) is 1. The number of anilines is 1. The van der Waals surface area contributed by atoms with Crippen molar-refractivity contribution in [1.29, 1.82) is 0 Å². The molecule has 2 rings (SSSR count). The lowest BCUT2D eigenvalue weighted by Gasteiger charge is -2.13. The maximum Gasteiger partial charge on any atom is 0.337 e. The molecular formula is C14H18N2O3. The number of hydrogen-bond acceptors (Lipinski definition) is 4. The topological polar surface area (TPSA) is 67.4 Å². The zero-order valence-corrected chi connectivity index (χ0v) is 11.2. The molecule has 0 aromatic heterocycles. The first-order valence-corrected chi connectivity index (χ1v) is 6.35. The van der Waals surface area contributed by atoms with Gasteiger partial charge in [0.2, 0.25) is 5.91 Å². The van der Waals surface area contributed by atoms with Crippen LogP contribution in [0.4, 0.5) is 5.69 Å². The Labute approximate surface area is 112 Å². The summed E-state index contributed by atoms with van der Waals surface area (Å²) in [5.41, 5.74) is 2.00. The van der Waals surface area contributed by atoms with Crippen LogP contribution in [-0.4, -0.2) is 31.6 Å². The van der Waals surface area contributed by atoms with E-state index in [9.17, 15) is 9.59 Å². The number of methoxy groups -OCH3 is 1. The van der Waals surface area contributed by atoms with Gasteiger partial charge in [0.25, 0.3) is 0 Å². The number of rotatable bonds is 3. The third-order valence-corrected chi connectivity index (χ3v) is 3.29. The lowest BCUT2D eigenvalue weighted by atomic mass is 10.1. The second-order valence-corrected chi connectivity index (χ2v) is 4.66. The molecule has 1 aromatic rings. The first-order chi connectivity index (χ1) is 9.11. The molecule has 0 bridgehead atoms. The van der Waals surface area contributed by atoms with Crippen molar-refractivity contribution in [3.63, 3.8) is 0 Å². The second-order valence-electron chi connectivity index (χ2n) is 4.66. The summed E-state index contributed by atoms with van der Waals surface area (Å²) in [6.45, 7) is 2.76. The molecule has 1 aliphatic rings. The van der Waals surface area contributed by atoms with E-state index < -0.39 is 5.97 Å². The molecule has 19 heavy (non-hydrogen) atoms. The molecular weight excluding hydrogens is 244 g/mol. The van der Waals surface area contributed by atoms with Crippen molar-refractivity contribution in [2.24, 2.45) is 0 Å². The van der Waals surface area contributed by atoms with Crippen LogP contribution in [0.3, 0.4) is 0 Å². The molecule has 5 heteroatoms. The van der Waals surface area contributed by atoms with Crippen molar-refractivity contribution in [2.45, 2.75) is 25.8 Å². The van der Waals surface area contributed by atoms with Crippen LogP contribution in [-0.2, 0) is 9.53 Å². The van der Waals surface area contributed by atoms with Crippen LogP contribution in [0.5, 0.6) is 0 Å². The van der Waals surface area contributed by atoms with Gasteiger partial charge in [-0.15, -0.1) is 0 Å². The Morgan fingerprint density at radius 3 is 2.84 bits per heavy atom. The summed E-state index contributed by atoms with van der Waals surface area (Å²) < 4.78 is 4.67. The Bertz CT molecular complexity index is 493. The smallest absolute Gasteiger partial charge is 0.337 e. The highest BCUT2D eigenvalue weighted by Gasteiger charge is 2.22. The van der Waals surface area contributed by atoms with Gasteiger partial charge in [-0.2, -0.15) is 0 Å². The van der Waals surface area contributed by atoms with Crippen LogP contribution in [0.2, 0.25) is 0 Å². The standard InChI is InChI=1S/C14H18N2O3/c1-9-5-6-10(14(18)19-2)8-12(9)16-13(17)11-4-3-7-15-11/h5-6,8,11,15H,3-4,7H2,1-2H3,(H,16,17). The lowest BCUT2D eigenvalue weighted by Crippen LogP contribution is -2.35. The van der Waals surface area contributed by atoms with Crippen molar-refractivity contribution in [3.8, 4) is 0 Å². The molecule has 1 atom stereocenters. The number of carbonyl (C=O) groups excluding carboxylic acids is 2. The minimum Gasteiger partial charge on any atom is -0.465 e. The quantitative estimate of drug-likeness (QED) is 0.810. The Balaban J connectivity index is 2.14. The van der Waals surface area contributed by atoms with Crippen LogP contribution in [0.15, 0.2) is 18.2 Å². The van der Waals surface area contributed by atoms with Gasteiger partial charge >= 0.3 is 5.97 Å². The van der Waals surface area contributed by atoms with Gasteiger partial charge in [0.05, 0.1) is 18.7 Å². The average Bonchev–Trinajstić information content (AvgIpc) is 2.94. The molecule has 1 fully saturated rings. The monoisotopic (exact) mass is 262 g/mol. The van der Waals surface area contributed by atoms with E-state index >= 15 is 0 Å². The van der Waals surface area contributed by atoms with Crippen molar-refractivity contribution >= 4 is 17.6 Å². The van der Waals surface area contributed by atoms with E-state index in [2.05, 4.69) is 15.4 Å². The maximum atomic E-state index is 12.0. The normalized spacial score (nSPS) is 18.1. The van der Waals surface area contributed by atoms with Crippen LogP contribution >= 0.6 is 0 Å². The van der Waals surface area contributed by atoms with Gasteiger partial charge in [0, 0.05) is 5.69 Å². The summed E-state index contributed by atoms with van der Waals surface area (Å²) in [6, 6.07) is 4.99. The number of benzene rings is 1. The summed E-state index contributed by atoms with van der Waals surface area (Å²) in [6.07, 6.45) is 1.86. The summed E-state index contributed by atoms with van der Waals surface area (Å²) in [7, 11) is 1.34. The molecule has 1 aromatic carbocycles. The summed E-state index contributed by atoms with van der Waals surface area (Å²) in [4.78, 5) is 23.5. The van der Waals surface area contributed by atoms with E-state index in [1.54, 1.807) is 18.2 Å². The highest BCUT2D eigenvalue weighted by atomic mass is 16.5. The van der Waals surface area contributed by atoms with Crippen LogP contribution in [0.1, 0.15) is 28.8 Å². The highest BCUT2D eigenvalue weighted by molar-refractivity contribution is 5.97. The van der Waals surface area contributed by atoms with Gasteiger partial charge in [0.15, 0.2) is 0 Å².